The number of nitrogen functional groups attached to an aromatic ring is 1. The first kappa shape index (κ1) is 41.6. The number of fused-ring (bicyclic) bond motifs is 6. The van der Waals surface area contributed by atoms with Crippen LogP contribution in [-0.2, 0) is 0 Å². The highest BCUT2D eigenvalue weighted by atomic mass is 35.5. The lowest BCUT2D eigenvalue weighted by atomic mass is 10.0. The third kappa shape index (κ3) is 9.88. The molecule has 2 aliphatic carbocycles. The van der Waals surface area contributed by atoms with E-state index in [0.29, 0.717) is 17.6 Å². The van der Waals surface area contributed by atoms with Crippen LogP contribution < -0.4 is 15.5 Å². The Morgan fingerprint density at radius 1 is 0.642 bits per heavy atom. The number of aliphatic hydroxyl groups is 1. The van der Waals surface area contributed by atoms with Crippen LogP contribution in [0.1, 0.15) is 100 Å². The maximum absolute atomic E-state index is 12.3. The summed E-state index contributed by atoms with van der Waals surface area (Å²) in [4.78, 5) is 36.7. The first-order chi connectivity index (χ1) is 25.0. The second kappa shape index (κ2) is 18.7. The van der Waals surface area contributed by atoms with Gasteiger partial charge in [-0.2, -0.15) is 4.39 Å². The highest BCUT2D eigenvalue weighted by Crippen LogP contribution is 2.44. The van der Waals surface area contributed by atoms with E-state index in [-0.39, 0.29) is 34.3 Å². The molecule has 0 atom stereocenters. The van der Waals surface area contributed by atoms with E-state index in [1.165, 1.54) is 76.3 Å². The van der Waals surface area contributed by atoms with Crippen LogP contribution in [0, 0.1) is 58.8 Å². The Balaban J connectivity index is 0.000000160. The van der Waals surface area contributed by atoms with Gasteiger partial charge in [0.2, 0.25) is 5.95 Å². The van der Waals surface area contributed by atoms with Gasteiger partial charge in [0.05, 0.1) is 21.7 Å². The maximum atomic E-state index is 12.3. The highest BCUT2D eigenvalue weighted by molar-refractivity contribution is 5.85. The van der Waals surface area contributed by atoms with Crippen molar-refractivity contribution in [3.05, 3.63) is 79.7 Å². The zero-order valence-electron chi connectivity index (χ0n) is 31.2. The van der Waals surface area contributed by atoms with Crippen LogP contribution in [0.4, 0.5) is 33.1 Å². The standard InChI is InChI=1S/C12H15N3O2.C12H17N3.C7H12.C6H5FN2O2.CH4O.ClH/c1-8-6-12(13-7-11(8)15(16)17)14-9-2-3-10(14)5-4-9;1-8-6-12(14-7-11(8)13)15-9-2-3-10(15)5-4-9;1-2-7-4-3-6(1)5-7;1-4-2-6(7)8-3-5(4)9(10)11;1-2;/h6-7,9-10H,2-5H2,1H3;6-7,9-10H,2-5,13H2,1H3;6-7H,1-5H2;2-3H,1H3;2H,1H3;1H. The van der Waals surface area contributed by atoms with E-state index in [1.807, 2.05) is 6.07 Å². The molecule has 9 rings (SSSR count). The summed E-state index contributed by atoms with van der Waals surface area (Å²) in [5.41, 5.74) is 8.66. The van der Waals surface area contributed by atoms with Crippen molar-refractivity contribution in [2.24, 2.45) is 11.8 Å². The van der Waals surface area contributed by atoms with E-state index in [9.17, 15) is 24.6 Å². The number of hydrogen-bond donors (Lipinski definition) is 2. The molecule has 0 spiro atoms. The molecule has 3 aromatic heterocycles. The number of halogens is 2. The number of aryl methyl sites for hydroxylation is 3. The summed E-state index contributed by atoms with van der Waals surface area (Å²) in [6.07, 6.45) is 22.2. The first-order valence-corrected chi connectivity index (χ1v) is 18.6. The highest BCUT2D eigenvalue weighted by Gasteiger charge is 2.41. The molecule has 0 unspecified atom stereocenters. The summed E-state index contributed by atoms with van der Waals surface area (Å²) < 4.78 is 12.3. The first-order valence-electron chi connectivity index (χ1n) is 18.6. The summed E-state index contributed by atoms with van der Waals surface area (Å²) in [6, 6.07) is 7.71. The Morgan fingerprint density at radius 3 is 1.32 bits per heavy atom. The molecule has 0 amide bonds. The minimum Gasteiger partial charge on any atom is -0.400 e. The Hall–Kier alpha value is -4.17. The van der Waals surface area contributed by atoms with Gasteiger partial charge in [0, 0.05) is 48.5 Å². The predicted octanol–water partition coefficient (Wildman–Crippen LogP) is 8.20. The number of nitrogens with two attached hydrogens (primary N) is 1. The molecule has 0 radical (unpaired) electrons. The topological polar surface area (TPSA) is 178 Å². The summed E-state index contributed by atoms with van der Waals surface area (Å²) in [5, 5.41) is 27.9. The van der Waals surface area contributed by atoms with Crippen molar-refractivity contribution in [3.8, 4) is 0 Å². The van der Waals surface area contributed by atoms with Gasteiger partial charge in [0.1, 0.15) is 24.0 Å². The van der Waals surface area contributed by atoms with Gasteiger partial charge >= 0.3 is 0 Å². The van der Waals surface area contributed by atoms with Crippen LogP contribution in [0.25, 0.3) is 0 Å². The molecule has 4 aliphatic heterocycles. The fourth-order valence-corrected chi connectivity index (χ4v) is 9.01. The van der Waals surface area contributed by atoms with Crippen molar-refractivity contribution < 1.29 is 19.3 Å². The second-order valence-electron chi connectivity index (χ2n) is 14.9. The molecular weight excluding hydrogens is 703 g/mol. The molecule has 2 saturated carbocycles. The molecule has 4 saturated heterocycles. The van der Waals surface area contributed by atoms with Gasteiger partial charge < -0.3 is 20.6 Å². The smallest absolute Gasteiger partial charge is 0.290 e. The number of pyridine rings is 3. The van der Waals surface area contributed by atoms with Crippen LogP contribution in [0.2, 0.25) is 0 Å². The van der Waals surface area contributed by atoms with Crippen LogP contribution in [-0.4, -0.2) is 61.2 Å². The number of aliphatic hydroxyl groups excluding tert-OH is 1. The van der Waals surface area contributed by atoms with Crippen molar-refractivity contribution in [2.45, 2.75) is 128 Å². The third-order valence-electron chi connectivity index (χ3n) is 11.7. The molecule has 6 aliphatic rings. The fraction of sp³-hybridized carbons (Fsp3) is 0.605. The molecule has 3 aromatic rings. The average molecular weight is 757 g/mol. The predicted molar refractivity (Wildman–Crippen MR) is 207 cm³/mol. The SMILES string of the molecule is C1CC2CCC1C2.CO.Cc1cc(F)ncc1[N+](=O)[O-].Cc1cc(N2C3CCC2CC3)ncc1N.Cc1cc(N2C3CCC2CC3)ncc1[N+](=O)[O-].Cl. The van der Waals surface area contributed by atoms with Gasteiger partial charge in [-0.25, -0.2) is 15.0 Å². The van der Waals surface area contributed by atoms with Gasteiger partial charge in [-0.15, -0.1) is 12.4 Å². The molecular formula is C38H54ClFN8O5. The van der Waals surface area contributed by atoms with E-state index < -0.39 is 10.9 Å². The molecule has 15 heteroatoms. The maximum Gasteiger partial charge on any atom is 0.290 e. The average Bonchev–Trinajstić information content (AvgIpc) is 4.01. The number of anilines is 3. The van der Waals surface area contributed by atoms with Gasteiger partial charge in [0.15, 0.2) is 0 Å². The molecule has 7 heterocycles. The molecule has 290 valence electrons. The molecule has 53 heavy (non-hydrogen) atoms. The van der Waals surface area contributed by atoms with Crippen LogP contribution in [0.3, 0.4) is 0 Å². The van der Waals surface area contributed by atoms with E-state index >= 15 is 0 Å². The molecule has 13 nitrogen and oxygen atoms in total. The van der Waals surface area contributed by atoms with Gasteiger partial charge in [0.25, 0.3) is 11.4 Å². The monoisotopic (exact) mass is 756 g/mol. The van der Waals surface area contributed by atoms with Gasteiger partial charge in [-0.05, 0) is 108 Å². The van der Waals surface area contributed by atoms with Crippen molar-refractivity contribution >= 4 is 41.1 Å². The third-order valence-corrected chi connectivity index (χ3v) is 11.7. The number of aromatic nitrogens is 3. The molecule has 3 N–H and O–H groups in total. The Kier molecular flexibility index (Phi) is 14.7. The number of nitro groups is 2. The Bertz CT molecular complexity index is 1660. The minimum absolute atomic E-state index is 0. The summed E-state index contributed by atoms with van der Waals surface area (Å²) in [7, 11) is 1.00. The van der Waals surface area contributed by atoms with Crippen molar-refractivity contribution in [3.63, 3.8) is 0 Å². The Morgan fingerprint density at radius 2 is 1.00 bits per heavy atom. The van der Waals surface area contributed by atoms with E-state index in [2.05, 4.69) is 37.7 Å². The summed E-state index contributed by atoms with van der Waals surface area (Å²) >= 11 is 0. The van der Waals surface area contributed by atoms with Crippen molar-refractivity contribution in [1.29, 1.82) is 0 Å². The Labute approximate surface area is 317 Å². The van der Waals surface area contributed by atoms with Crippen LogP contribution in [0.5, 0.6) is 0 Å². The lowest BCUT2D eigenvalue weighted by molar-refractivity contribution is -0.385. The zero-order chi connectivity index (χ0) is 37.5. The summed E-state index contributed by atoms with van der Waals surface area (Å²) in [6.45, 7) is 5.29. The van der Waals surface area contributed by atoms with Gasteiger partial charge in [-0.3, -0.25) is 20.2 Å². The van der Waals surface area contributed by atoms with E-state index in [4.69, 9.17) is 10.8 Å². The molecule has 6 bridgehead atoms. The van der Waals surface area contributed by atoms with E-state index in [1.54, 1.807) is 45.2 Å². The lowest BCUT2D eigenvalue weighted by Crippen LogP contribution is -2.28. The molecule has 6 fully saturated rings. The largest absolute Gasteiger partial charge is 0.400 e. The van der Waals surface area contributed by atoms with Gasteiger partial charge in [-0.1, -0.05) is 25.7 Å². The van der Waals surface area contributed by atoms with Crippen LogP contribution >= 0.6 is 12.4 Å². The summed E-state index contributed by atoms with van der Waals surface area (Å²) in [5.74, 6) is 3.69. The second-order valence-corrected chi connectivity index (χ2v) is 14.9. The van der Waals surface area contributed by atoms with E-state index in [0.717, 1.165) is 54.3 Å². The normalized spacial score (nSPS) is 25.1. The zero-order valence-corrected chi connectivity index (χ0v) is 32.0. The minimum atomic E-state index is -0.701. The molecule has 0 aromatic carbocycles. The van der Waals surface area contributed by atoms with Crippen molar-refractivity contribution in [1.82, 2.24) is 15.0 Å². The number of rotatable bonds is 4. The lowest BCUT2D eigenvalue weighted by Gasteiger charge is -2.23. The van der Waals surface area contributed by atoms with Crippen molar-refractivity contribution in [2.75, 3.05) is 22.6 Å². The fourth-order valence-electron chi connectivity index (χ4n) is 9.01. The number of hydrogen-bond acceptors (Lipinski definition) is 11. The quantitative estimate of drug-likeness (QED) is 0.149. The number of nitrogens with zero attached hydrogens (tertiary/aromatic N) is 7. The van der Waals surface area contributed by atoms with Crippen LogP contribution in [0.15, 0.2) is 36.8 Å².